The van der Waals surface area contributed by atoms with Gasteiger partial charge in [0.25, 0.3) is 0 Å². The highest BCUT2D eigenvalue weighted by molar-refractivity contribution is 5.87. The zero-order chi connectivity index (χ0) is 34.7. The summed E-state index contributed by atoms with van der Waals surface area (Å²) in [5, 5.41) is 0. The molecule has 5 aromatic rings. The first-order valence-corrected chi connectivity index (χ1v) is 17.6. The normalized spacial score (nSPS) is 25.6. The average Bonchev–Trinajstić information content (AvgIpc) is 3.67. The standard InChI is InChI=1S/C38H42N8O4/c1-37(2,3)49-35(47)45-29-13-21(29)15-31(45)33-40-18-28(44-33)27-17-39-25-11-19(7-9-23(25)41-27)20-8-10-24-26(12-20)43-34(42-24)32-16-22-14-30(22)46(32)36(48)50-38(4,5)6/h7-12,17-18,21-22,29-32H,13-16H2,1-6H3,(H,40,44)(H,42,43)/t21?,22-,29?,30+,31?,32-/m0/s1. The topological polar surface area (TPSA) is 142 Å². The fourth-order valence-corrected chi connectivity index (χ4v) is 7.88. The molecule has 2 aliphatic carbocycles. The van der Waals surface area contributed by atoms with Crippen molar-refractivity contribution in [1.82, 2.24) is 39.7 Å². The number of nitrogens with zero attached hydrogens (tertiary/aromatic N) is 6. The lowest BCUT2D eigenvalue weighted by molar-refractivity contribution is 0.0164. The first-order chi connectivity index (χ1) is 23.8. The summed E-state index contributed by atoms with van der Waals surface area (Å²) < 4.78 is 11.5. The highest BCUT2D eigenvalue weighted by Gasteiger charge is 2.57. The molecular weight excluding hydrogens is 632 g/mol. The van der Waals surface area contributed by atoms with E-state index >= 15 is 0 Å². The molecule has 9 rings (SSSR count). The minimum Gasteiger partial charge on any atom is -0.444 e. The van der Waals surface area contributed by atoms with Crippen LogP contribution in [0.1, 0.15) is 91.0 Å². The number of carbonyl (C=O) groups excluding carboxylic acids is 2. The van der Waals surface area contributed by atoms with Gasteiger partial charge in [-0.25, -0.2) is 24.5 Å². The van der Waals surface area contributed by atoms with Gasteiger partial charge < -0.3 is 19.4 Å². The number of H-pyrrole nitrogens is 2. The number of hydrogen-bond acceptors (Lipinski definition) is 8. The first kappa shape index (κ1) is 31.0. The Labute approximate surface area is 290 Å². The quantitative estimate of drug-likeness (QED) is 0.198. The van der Waals surface area contributed by atoms with Crippen molar-refractivity contribution in [2.24, 2.45) is 11.8 Å². The van der Waals surface area contributed by atoms with E-state index in [4.69, 9.17) is 24.4 Å². The van der Waals surface area contributed by atoms with Crippen LogP contribution in [-0.2, 0) is 9.47 Å². The maximum absolute atomic E-state index is 13.1. The van der Waals surface area contributed by atoms with E-state index in [9.17, 15) is 9.59 Å². The van der Waals surface area contributed by atoms with Gasteiger partial charge in [0.05, 0.1) is 52.2 Å². The number of piperidine rings is 2. The maximum Gasteiger partial charge on any atom is 0.411 e. The molecule has 12 heteroatoms. The zero-order valence-corrected chi connectivity index (χ0v) is 29.2. The van der Waals surface area contributed by atoms with E-state index in [-0.39, 0.29) is 36.4 Å². The SMILES string of the molecule is CC(C)(C)OC(=O)N1C(c2ncc(-c3cnc4cc(-c5ccc6nc([C@@H]7C[C@@H]8C[C@H]8N7C(=O)OC(C)(C)C)[nH]c6c5)ccc4n3)[nH]2)CC2CC21. The number of imidazole rings is 2. The van der Waals surface area contributed by atoms with Gasteiger partial charge in [0, 0.05) is 12.1 Å². The molecule has 0 radical (unpaired) electrons. The molecule has 3 unspecified atom stereocenters. The molecule has 2 saturated carbocycles. The Kier molecular flexibility index (Phi) is 6.67. The number of amides is 2. The van der Waals surface area contributed by atoms with Gasteiger partial charge in [-0.1, -0.05) is 12.1 Å². The lowest BCUT2D eigenvalue weighted by Crippen LogP contribution is -2.38. The molecule has 2 aliphatic heterocycles. The number of hydrogen-bond donors (Lipinski definition) is 2. The molecule has 258 valence electrons. The Morgan fingerprint density at radius 1 is 0.680 bits per heavy atom. The van der Waals surface area contributed by atoms with E-state index in [1.54, 1.807) is 12.4 Å². The molecule has 2 aromatic carbocycles. The number of benzene rings is 2. The molecule has 12 nitrogen and oxygen atoms in total. The van der Waals surface area contributed by atoms with E-state index in [0.29, 0.717) is 17.5 Å². The van der Waals surface area contributed by atoms with Crippen LogP contribution in [0.3, 0.4) is 0 Å². The van der Waals surface area contributed by atoms with Crippen LogP contribution in [0.4, 0.5) is 9.59 Å². The molecule has 3 aromatic heterocycles. The number of nitrogens with one attached hydrogen (secondary N) is 2. The molecule has 2 N–H and O–H groups in total. The largest absolute Gasteiger partial charge is 0.444 e. The summed E-state index contributed by atoms with van der Waals surface area (Å²) >= 11 is 0. The van der Waals surface area contributed by atoms with Crippen molar-refractivity contribution in [2.75, 3.05) is 0 Å². The molecular formula is C38H42N8O4. The fourth-order valence-electron chi connectivity index (χ4n) is 7.88. The predicted octanol–water partition coefficient (Wildman–Crippen LogP) is 7.70. The van der Waals surface area contributed by atoms with E-state index in [1.807, 2.05) is 69.5 Å². The van der Waals surface area contributed by atoms with Crippen LogP contribution in [0, 0.1) is 11.8 Å². The molecule has 50 heavy (non-hydrogen) atoms. The van der Waals surface area contributed by atoms with Crippen LogP contribution >= 0.6 is 0 Å². The Morgan fingerprint density at radius 3 is 1.92 bits per heavy atom. The van der Waals surface area contributed by atoms with Crippen molar-refractivity contribution in [3.63, 3.8) is 0 Å². The number of aromatic nitrogens is 6. The molecule has 2 amide bonds. The number of ether oxygens (including phenoxy) is 2. The van der Waals surface area contributed by atoms with Crippen molar-refractivity contribution in [1.29, 1.82) is 0 Å². The first-order valence-electron chi connectivity index (χ1n) is 17.6. The Balaban J connectivity index is 0.937. The summed E-state index contributed by atoms with van der Waals surface area (Å²) in [7, 11) is 0. The lowest BCUT2D eigenvalue weighted by Gasteiger charge is -2.29. The third-order valence-corrected chi connectivity index (χ3v) is 10.3. The third-order valence-electron chi connectivity index (χ3n) is 10.3. The third kappa shape index (κ3) is 5.54. The molecule has 5 heterocycles. The Hall–Kier alpha value is -5.00. The van der Waals surface area contributed by atoms with Crippen LogP contribution < -0.4 is 0 Å². The summed E-state index contributed by atoms with van der Waals surface area (Å²) in [6.07, 6.45) is 6.80. The summed E-state index contributed by atoms with van der Waals surface area (Å²) in [5.41, 5.74) is 5.72. The second-order valence-electron chi connectivity index (χ2n) is 16.4. The minimum atomic E-state index is -0.554. The summed E-state index contributed by atoms with van der Waals surface area (Å²) in [6.45, 7) is 11.4. The zero-order valence-electron chi connectivity index (χ0n) is 29.2. The second-order valence-corrected chi connectivity index (χ2v) is 16.4. The smallest absolute Gasteiger partial charge is 0.411 e. The number of aromatic amines is 2. The van der Waals surface area contributed by atoms with Crippen molar-refractivity contribution in [3.8, 4) is 22.5 Å². The van der Waals surface area contributed by atoms with Gasteiger partial charge in [0.2, 0.25) is 0 Å². The van der Waals surface area contributed by atoms with Crippen LogP contribution in [0.15, 0.2) is 48.8 Å². The van der Waals surface area contributed by atoms with E-state index < -0.39 is 11.2 Å². The minimum absolute atomic E-state index is 0.117. The molecule has 4 fully saturated rings. The monoisotopic (exact) mass is 674 g/mol. The van der Waals surface area contributed by atoms with Crippen LogP contribution in [0.25, 0.3) is 44.6 Å². The average molecular weight is 675 g/mol. The molecule has 2 saturated heterocycles. The number of rotatable bonds is 4. The van der Waals surface area contributed by atoms with Crippen molar-refractivity contribution in [2.45, 2.75) is 103 Å². The van der Waals surface area contributed by atoms with Gasteiger partial charge >= 0.3 is 12.2 Å². The number of fused-ring (bicyclic) bond motifs is 4. The molecule has 4 aliphatic rings. The van der Waals surface area contributed by atoms with Crippen LogP contribution in [0.2, 0.25) is 0 Å². The number of carbonyl (C=O) groups is 2. The van der Waals surface area contributed by atoms with Gasteiger partial charge in [-0.15, -0.1) is 0 Å². The Bertz CT molecular complexity index is 2180. The maximum atomic E-state index is 13.1. The van der Waals surface area contributed by atoms with Gasteiger partial charge in [-0.3, -0.25) is 14.8 Å². The second kappa shape index (κ2) is 10.7. The van der Waals surface area contributed by atoms with Gasteiger partial charge in [-0.2, -0.15) is 0 Å². The fraction of sp³-hybridized carbons (Fsp3) is 0.474. The van der Waals surface area contributed by atoms with E-state index in [1.165, 1.54) is 0 Å². The Morgan fingerprint density at radius 2 is 1.28 bits per heavy atom. The summed E-state index contributed by atoms with van der Waals surface area (Å²) in [4.78, 5) is 56.1. The highest BCUT2D eigenvalue weighted by atomic mass is 16.6. The van der Waals surface area contributed by atoms with Crippen molar-refractivity contribution >= 4 is 34.3 Å². The van der Waals surface area contributed by atoms with Crippen LogP contribution in [0.5, 0.6) is 0 Å². The highest BCUT2D eigenvalue weighted by Crippen LogP contribution is 2.54. The summed E-state index contributed by atoms with van der Waals surface area (Å²) in [5.74, 6) is 2.56. The van der Waals surface area contributed by atoms with Gasteiger partial charge in [0.1, 0.15) is 28.5 Å². The van der Waals surface area contributed by atoms with Crippen LogP contribution in [-0.4, -0.2) is 75.2 Å². The van der Waals surface area contributed by atoms with E-state index in [0.717, 1.165) is 76.2 Å². The van der Waals surface area contributed by atoms with E-state index in [2.05, 4.69) is 33.2 Å². The number of likely N-dealkylation sites (tertiary alicyclic amines) is 2. The molecule has 6 atom stereocenters. The summed E-state index contributed by atoms with van der Waals surface area (Å²) in [6, 6.07) is 12.5. The van der Waals surface area contributed by atoms with Gasteiger partial charge in [-0.05, 0) is 114 Å². The predicted molar refractivity (Wildman–Crippen MR) is 187 cm³/mol. The lowest BCUT2D eigenvalue weighted by atomic mass is 10.0. The van der Waals surface area contributed by atoms with Crippen molar-refractivity contribution < 1.29 is 19.1 Å². The molecule has 0 spiro atoms. The molecule has 0 bridgehead atoms. The van der Waals surface area contributed by atoms with Crippen molar-refractivity contribution in [3.05, 3.63) is 60.4 Å². The van der Waals surface area contributed by atoms with Gasteiger partial charge in [0.15, 0.2) is 0 Å².